The van der Waals surface area contributed by atoms with Gasteiger partial charge in [-0.1, -0.05) is 0 Å². The topological polar surface area (TPSA) is 83.4 Å². The standard InChI is InChI=1S/C11H18ClN5O2/c1-13-9-14-8(12)15-10(16-9)17(2)7-11(18)3-5-19-6-4-11/h18H,3-7H2,1-2H3,(H,13,14,15,16). The Hall–Kier alpha value is -1.18. The van der Waals surface area contributed by atoms with E-state index >= 15 is 0 Å². The minimum atomic E-state index is -0.772. The fourth-order valence-corrected chi connectivity index (χ4v) is 2.20. The fraction of sp³-hybridized carbons (Fsp3) is 0.727. The Balaban J connectivity index is 2.10. The van der Waals surface area contributed by atoms with Crippen molar-refractivity contribution in [3.63, 3.8) is 0 Å². The van der Waals surface area contributed by atoms with Crippen LogP contribution in [0.5, 0.6) is 0 Å². The molecule has 0 spiro atoms. The summed E-state index contributed by atoms with van der Waals surface area (Å²) >= 11 is 5.84. The monoisotopic (exact) mass is 287 g/mol. The van der Waals surface area contributed by atoms with Gasteiger partial charge in [0, 0.05) is 46.7 Å². The largest absolute Gasteiger partial charge is 0.388 e. The van der Waals surface area contributed by atoms with Gasteiger partial charge in [-0.05, 0) is 11.6 Å². The molecule has 1 fully saturated rings. The number of nitrogens with one attached hydrogen (secondary N) is 1. The fourth-order valence-electron chi connectivity index (χ4n) is 2.04. The molecule has 19 heavy (non-hydrogen) atoms. The minimum Gasteiger partial charge on any atom is -0.388 e. The number of aromatic nitrogens is 3. The maximum absolute atomic E-state index is 10.5. The van der Waals surface area contributed by atoms with Crippen molar-refractivity contribution in [3.8, 4) is 0 Å². The van der Waals surface area contributed by atoms with E-state index in [2.05, 4.69) is 20.3 Å². The average molecular weight is 288 g/mol. The van der Waals surface area contributed by atoms with Crippen LogP contribution in [0.25, 0.3) is 0 Å². The molecule has 1 saturated heterocycles. The Morgan fingerprint density at radius 1 is 1.37 bits per heavy atom. The number of aliphatic hydroxyl groups is 1. The zero-order valence-corrected chi connectivity index (χ0v) is 11.8. The maximum Gasteiger partial charge on any atom is 0.231 e. The second-order valence-electron chi connectivity index (χ2n) is 4.67. The molecule has 1 aliphatic rings. The van der Waals surface area contributed by atoms with Crippen LogP contribution in [-0.2, 0) is 4.74 Å². The number of anilines is 2. The summed E-state index contributed by atoms with van der Waals surface area (Å²) in [6.45, 7) is 1.58. The van der Waals surface area contributed by atoms with Crippen LogP contribution in [0.4, 0.5) is 11.9 Å². The van der Waals surface area contributed by atoms with Crippen LogP contribution in [0, 0.1) is 0 Å². The van der Waals surface area contributed by atoms with E-state index in [1.165, 1.54) is 0 Å². The number of ether oxygens (including phenoxy) is 1. The quantitative estimate of drug-likeness (QED) is 0.836. The maximum atomic E-state index is 10.5. The van der Waals surface area contributed by atoms with Crippen LogP contribution in [-0.4, -0.2) is 59.5 Å². The third-order valence-electron chi connectivity index (χ3n) is 3.12. The van der Waals surface area contributed by atoms with Crippen LogP contribution >= 0.6 is 11.6 Å². The number of nitrogens with zero attached hydrogens (tertiary/aromatic N) is 4. The van der Waals surface area contributed by atoms with Gasteiger partial charge in [0.2, 0.25) is 17.2 Å². The molecule has 0 aromatic carbocycles. The van der Waals surface area contributed by atoms with E-state index in [0.29, 0.717) is 44.5 Å². The van der Waals surface area contributed by atoms with Crippen LogP contribution in [0.3, 0.4) is 0 Å². The van der Waals surface area contributed by atoms with Gasteiger partial charge in [-0.2, -0.15) is 15.0 Å². The first-order valence-electron chi connectivity index (χ1n) is 6.13. The highest BCUT2D eigenvalue weighted by Crippen LogP contribution is 2.23. The second kappa shape index (κ2) is 5.85. The number of halogens is 1. The smallest absolute Gasteiger partial charge is 0.231 e. The van der Waals surface area contributed by atoms with E-state index < -0.39 is 5.60 Å². The number of likely N-dealkylation sites (N-methyl/N-ethyl adjacent to an activating group) is 1. The van der Waals surface area contributed by atoms with Crippen molar-refractivity contribution in [2.45, 2.75) is 18.4 Å². The zero-order chi connectivity index (χ0) is 13.9. The van der Waals surface area contributed by atoms with Crippen molar-refractivity contribution in [1.29, 1.82) is 0 Å². The molecule has 0 radical (unpaired) electrons. The van der Waals surface area contributed by atoms with Gasteiger partial charge in [-0.3, -0.25) is 0 Å². The highest BCUT2D eigenvalue weighted by molar-refractivity contribution is 6.28. The molecular formula is C11H18ClN5O2. The third-order valence-corrected chi connectivity index (χ3v) is 3.29. The molecule has 1 aromatic rings. The lowest BCUT2D eigenvalue weighted by atomic mass is 9.94. The predicted octanol–water partition coefficient (Wildman–Crippen LogP) is 0.544. The minimum absolute atomic E-state index is 0.125. The van der Waals surface area contributed by atoms with E-state index in [9.17, 15) is 5.11 Å². The molecule has 2 N–H and O–H groups in total. The molecule has 0 unspecified atom stereocenters. The van der Waals surface area contributed by atoms with E-state index in [1.807, 2.05) is 7.05 Å². The van der Waals surface area contributed by atoms with E-state index in [4.69, 9.17) is 16.3 Å². The molecule has 106 valence electrons. The molecule has 1 aliphatic heterocycles. The molecule has 8 heteroatoms. The van der Waals surface area contributed by atoms with Gasteiger partial charge in [0.1, 0.15) is 0 Å². The van der Waals surface area contributed by atoms with Gasteiger partial charge in [0.05, 0.1) is 5.60 Å². The number of hydrogen-bond donors (Lipinski definition) is 2. The lowest BCUT2D eigenvalue weighted by Crippen LogP contribution is -2.46. The number of rotatable bonds is 4. The Bertz CT molecular complexity index is 439. The first kappa shape index (κ1) is 14.2. The second-order valence-corrected chi connectivity index (χ2v) is 5.01. The van der Waals surface area contributed by atoms with Gasteiger partial charge in [0.15, 0.2) is 0 Å². The highest BCUT2D eigenvalue weighted by Gasteiger charge is 2.31. The van der Waals surface area contributed by atoms with Crippen LogP contribution in [0.1, 0.15) is 12.8 Å². The normalized spacial score (nSPS) is 18.1. The molecule has 0 bridgehead atoms. The van der Waals surface area contributed by atoms with E-state index in [1.54, 1.807) is 11.9 Å². The average Bonchev–Trinajstić information content (AvgIpc) is 2.38. The first-order valence-corrected chi connectivity index (χ1v) is 6.51. The highest BCUT2D eigenvalue weighted by atomic mass is 35.5. The van der Waals surface area contributed by atoms with Gasteiger partial charge < -0.3 is 20.1 Å². The first-order chi connectivity index (χ1) is 9.02. The van der Waals surface area contributed by atoms with Crippen LogP contribution < -0.4 is 10.2 Å². The van der Waals surface area contributed by atoms with Gasteiger partial charge in [-0.15, -0.1) is 0 Å². The van der Waals surface area contributed by atoms with Crippen molar-refractivity contribution in [2.24, 2.45) is 0 Å². The van der Waals surface area contributed by atoms with Crippen molar-refractivity contribution < 1.29 is 9.84 Å². The summed E-state index contributed by atoms with van der Waals surface area (Å²) < 4.78 is 5.26. The molecule has 7 nitrogen and oxygen atoms in total. The molecule has 2 rings (SSSR count). The molecule has 0 aliphatic carbocycles. The molecule has 1 aromatic heterocycles. The van der Waals surface area contributed by atoms with Crippen molar-refractivity contribution in [2.75, 3.05) is 44.1 Å². The summed E-state index contributed by atoms with van der Waals surface area (Å²) in [5, 5.41) is 13.4. The van der Waals surface area contributed by atoms with Crippen molar-refractivity contribution >= 4 is 23.5 Å². The van der Waals surface area contributed by atoms with Gasteiger partial charge in [0.25, 0.3) is 0 Å². The van der Waals surface area contributed by atoms with Crippen LogP contribution in [0.15, 0.2) is 0 Å². The molecule has 0 atom stereocenters. The molecule has 0 saturated carbocycles. The van der Waals surface area contributed by atoms with Crippen LogP contribution in [0.2, 0.25) is 5.28 Å². The SMILES string of the molecule is CNc1nc(Cl)nc(N(C)CC2(O)CCOCC2)n1. The van der Waals surface area contributed by atoms with Crippen molar-refractivity contribution in [3.05, 3.63) is 5.28 Å². The Kier molecular flexibility index (Phi) is 4.38. The summed E-state index contributed by atoms with van der Waals surface area (Å²) in [6.07, 6.45) is 1.21. The molecule has 2 heterocycles. The zero-order valence-electron chi connectivity index (χ0n) is 11.1. The van der Waals surface area contributed by atoms with Gasteiger partial charge in [-0.25, -0.2) is 0 Å². The predicted molar refractivity (Wildman–Crippen MR) is 72.7 cm³/mol. The third kappa shape index (κ3) is 3.65. The van der Waals surface area contributed by atoms with Crippen molar-refractivity contribution in [1.82, 2.24) is 15.0 Å². The summed E-state index contributed by atoms with van der Waals surface area (Å²) in [5.41, 5.74) is -0.772. The molecule has 0 amide bonds. The van der Waals surface area contributed by atoms with Gasteiger partial charge >= 0.3 is 0 Å². The summed E-state index contributed by atoms with van der Waals surface area (Å²) in [7, 11) is 3.53. The Morgan fingerprint density at radius 2 is 2.05 bits per heavy atom. The Morgan fingerprint density at radius 3 is 2.68 bits per heavy atom. The van der Waals surface area contributed by atoms with E-state index in [-0.39, 0.29) is 5.28 Å². The lowest BCUT2D eigenvalue weighted by molar-refractivity contribution is -0.0574. The summed E-state index contributed by atoms with van der Waals surface area (Å²) in [5.74, 6) is 0.838. The summed E-state index contributed by atoms with van der Waals surface area (Å²) in [6, 6.07) is 0. The molecular weight excluding hydrogens is 270 g/mol. The number of hydrogen-bond acceptors (Lipinski definition) is 7. The Labute approximate surface area is 117 Å². The summed E-state index contributed by atoms with van der Waals surface area (Å²) in [4.78, 5) is 14.0. The lowest BCUT2D eigenvalue weighted by Gasteiger charge is -2.35. The van der Waals surface area contributed by atoms with E-state index in [0.717, 1.165) is 0 Å².